The molecule has 0 fully saturated rings. The lowest BCUT2D eigenvalue weighted by atomic mass is 10.1. The lowest BCUT2D eigenvalue weighted by Gasteiger charge is -1.98. The van der Waals surface area contributed by atoms with E-state index in [4.69, 9.17) is 4.74 Å². The normalized spacial score (nSPS) is 10.1. The fraction of sp³-hybridized carbons (Fsp3) is 0.154. The molecule has 5 nitrogen and oxygen atoms in total. The third-order valence-electron chi connectivity index (χ3n) is 2.39. The van der Waals surface area contributed by atoms with Crippen LogP contribution in [0.5, 0.6) is 0 Å². The van der Waals surface area contributed by atoms with Crippen molar-refractivity contribution < 1.29 is 14.3 Å². The van der Waals surface area contributed by atoms with Crippen molar-refractivity contribution in [3.05, 3.63) is 41.7 Å². The first-order valence-corrected chi connectivity index (χ1v) is 5.52. The Morgan fingerprint density at radius 1 is 1.39 bits per heavy atom. The molecule has 0 saturated heterocycles. The highest BCUT2D eigenvalue weighted by atomic mass is 16.5. The van der Waals surface area contributed by atoms with E-state index in [0.29, 0.717) is 23.7 Å². The summed E-state index contributed by atoms with van der Waals surface area (Å²) < 4.78 is 4.86. The second kappa shape index (κ2) is 5.27. The predicted molar refractivity (Wildman–Crippen MR) is 65.4 cm³/mol. The second-order valence-corrected chi connectivity index (χ2v) is 3.61. The highest BCUT2D eigenvalue weighted by Gasteiger charge is 2.11. The number of aromatic amines is 1. The van der Waals surface area contributed by atoms with Gasteiger partial charge in [-0.15, -0.1) is 0 Å². The van der Waals surface area contributed by atoms with Crippen LogP contribution in [0.3, 0.4) is 0 Å². The number of hydrogen-bond donors (Lipinski definition) is 1. The minimum atomic E-state index is -0.430. The van der Waals surface area contributed by atoms with Crippen LogP contribution in [0.4, 0.5) is 0 Å². The van der Waals surface area contributed by atoms with Gasteiger partial charge in [-0.05, 0) is 6.92 Å². The Hall–Kier alpha value is -2.43. The van der Waals surface area contributed by atoms with Gasteiger partial charge in [0.15, 0.2) is 0 Å². The van der Waals surface area contributed by atoms with Crippen LogP contribution in [0.25, 0.3) is 11.4 Å². The molecule has 0 aliphatic carbocycles. The Labute approximate surface area is 104 Å². The third-order valence-corrected chi connectivity index (χ3v) is 2.39. The fourth-order valence-electron chi connectivity index (χ4n) is 1.50. The van der Waals surface area contributed by atoms with Gasteiger partial charge in [0.25, 0.3) is 0 Å². The van der Waals surface area contributed by atoms with E-state index in [-0.39, 0.29) is 0 Å². The van der Waals surface area contributed by atoms with Gasteiger partial charge in [0.1, 0.15) is 17.8 Å². The Kier molecular flexibility index (Phi) is 3.52. The molecule has 0 amide bonds. The lowest BCUT2D eigenvalue weighted by Crippen LogP contribution is -2.04. The first kappa shape index (κ1) is 12.0. The van der Waals surface area contributed by atoms with Crippen molar-refractivity contribution in [1.82, 2.24) is 9.97 Å². The molecule has 0 unspecified atom stereocenters. The van der Waals surface area contributed by atoms with Crippen LogP contribution >= 0.6 is 0 Å². The van der Waals surface area contributed by atoms with Gasteiger partial charge in [-0.25, -0.2) is 9.78 Å². The minimum absolute atomic E-state index is 0.311. The molecule has 92 valence electrons. The first-order valence-electron chi connectivity index (χ1n) is 5.52. The molecule has 0 radical (unpaired) electrons. The smallest absolute Gasteiger partial charge is 0.356 e. The lowest BCUT2D eigenvalue weighted by molar-refractivity contribution is 0.0520. The summed E-state index contributed by atoms with van der Waals surface area (Å²) in [5, 5.41) is 0. The van der Waals surface area contributed by atoms with Gasteiger partial charge in [0, 0.05) is 11.1 Å². The topological polar surface area (TPSA) is 72.0 Å². The number of ether oxygens (including phenoxy) is 1. The zero-order valence-corrected chi connectivity index (χ0v) is 9.84. The molecule has 1 aromatic carbocycles. The van der Waals surface area contributed by atoms with Gasteiger partial charge in [0.2, 0.25) is 0 Å². The number of rotatable bonds is 4. The molecular weight excluding hydrogens is 232 g/mol. The largest absolute Gasteiger partial charge is 0.461 e. The van der Waals surface area contributed by atoms with Crippen molar-refractivity contribution in [1.29, 1.82) is 0 Å². The quantitative estimate of drug-likeness (QED) is 0.660. The summed E-state index contributed by atoms with van der Waals surface area (Å²) in [5.74, 6) is 0.135. The molecule has 18 heavy (non-hydrogen) atoms. The number of carbonyl (C=O) groups excluding carboxylic acids is 2. The monoisotopic (exact) mass is 244 g/mol. The molecule has 2 aromatic rings. The summed E-state index contributed by atoms with van der Waals surface area (Å²) in [6.45, 7) is 2.06. The molecule has 0 spiro atoms. The SMILES string of the molecule is CCOC(=O)c1cnc(-c2ccc(C=O)cc2)[nH]1. The number of aldehydes is 1. The number of aromatic nitrogens is 2. The Morgan fingerprint density at radius 2 is 2.11 bits per heavy atom. The maximum Gasteiger partial charge on any atom is 0.356 e. The van der Waals surface area contributed by atoms with E-state index in [1.165, 1.54) is 6.20 Å². The van der Waals surface area contributed by atoms with Crippen LogP contribution in [0.2, 0.25) is 0 Å². The first-order chi connectivity index (χ1) is 8.74. The Bertz CT molecular complexity index is 558. The minimum Gasteiger partial charge on any atom is -0.461 e. The summed E-state index contributed by atoms with van der Waals surface area (Å²) in [6, 6.07) is 6.90. The van der Waals surface area contributed by atoms with E-state index in [9.17, 15) is 9.59 Å². The van der Waals surface area contributed by atoms with Crippen molar-refractivity contribution >= 4 is 12.3 Å². The zero-order valence-electron chi connectivity index (χ0n) is 9.84. The van der Waals surface area contributed by atoms with Crippen molar-refractivity contribution in [3.63, 3.8) is 0 Å². The highest BCUT2D eigenvalue weighted by molar-refractivity contribution is 5.87. The number of hydrogen-bond acceptors (Lipinski definition) is 4. The van der Waals surface area contributed by atoms with E-state index in [0.717, 1.165) is 11.8 Å². The molecule has 0 saturated carbocycles. The van der Waals surface area contributed by atoms with Crippen LogP contribution < -0.4 is 0 Å². The van der Waals surface area contributed by atoms with Gasteiger partial charge < -0.3 is 9.72 Å². The summed E-state index contributed by atoms with van der Waals surface area (Å²) in [5.41, 5.74) is 1.71. The molecule has 0 atom stereocenters. The van der Waals surface area contributed by atoms with Crippen molar-refractivity contribution in [2.45, 2.75) is 6.92 Å². The molecular formula is C13H12N2O3. The maximum atomic E-state index is 11.4. The molecule has 5 heteroatoms. The number of esters is 1. The maximum absolute atomic E-state index is 11.4. The standard InChI is InChI=1S/C13H12N2O3/c1-2-18-13(17)11-7-14-12(15-11)10-5-3-9(8-16)4-6-10/h3-8H,2H2,1H3,(H,14,15). The van der Waals surface area contributed by atoms with Crippen LogP contribution in [0.1, 0.15) is 27.8 Å². The molecule has 1 heterocycles. The summed E-state index contributed by atoms with van der Waals surface area (Å²) >= 11 is 0. The van der Waals surface area contributed by atoms with Gasteiger partial charge >= 0.3 is 5.97 Å². The highest BCUT2D eigenvalue weighted by Crippen LogP contribution is 2.16. The van der Waals surface area contributed by atoms with Crippen LogP contribution in [0, 0.1) is 0 Å². The average Bonchev–Trinajstić information content (AvgIpc) is 2.89. The van der Waals surface area contributed by atoms with E-state index in [1.807, 2.05) is 0 Å². The Morgan fingerprint density at radius 3 is 2.72 bits per heavy atom. The van der Waals surface area contributed by atoms with E-state index in [1.54, 1.807) is 31.2 Å². The van der Waals surface area contributed by atoms with E-state index in [2.05, 4.69) is 9.97 Å². The Balaban J connectivity index is 2.23. The molecule has 0 aliphatic rings. The average molecular weight is 244 g/mol. The summed E-state index contributed by atoms with van der Waals surface area (Å²) in [4.78, 5) is 29.0. The second-order valence-electron chi connectivity index (χ2n) is 3.61. The van der Waals surface area contributed by atoms with E-state index < -0.39 is 5.97 Å². The summed E-state index contributed by atoms with van der Waals surface area (Å²) in [6.07, 6.45) is 2.21. The fourth-order valence-corrected chi connectivity index (χ4v) is 1.50. The van der Waals surface area contributed by atoms with Gasteiger partial charge in [-0.3, -0.25) is 4.79 Å². The van der Waals surface area contributed by atoms with Gasteiger partial charge in [-0.2, -0.15) is 0 Å². The molecule has 0 aliphatic heterocycles. The predicted octanol–water partition coefficient (Wildman–Crippen LogP) is 2.07. The van der Waals surface area contributed by atoms with Crippen molar-refractivity contribution in [3.8, 4) is 11.4 Å². The van der Waals surface area contributed by atoms with Crippen LogP contribution in [-0.2, 0) is 4.74 Å². The van der Waals surface area contributed by atoms with Crippen LogP contribution in [0.15, 0.2) is 30.5 Å². The number of H-pyrrole nitrogens is 1. The number of nitrogens with one attached hydrogen (secondary N) is 1. The molecule has 1 N–H and O–H groups in total. The molecule has 1 aromatic heterocycles. The number of imidazole rings is 1. The van der Waals surface area contributed by atoms with Gasteiger partial charge in [-0.1, -0.05) is 24.3 Å². The molecule has 2 rings (SSSR count). The zero-order chi connectivity index (χ0) is 13.0. The van der Waals surface area contributed by atoms with Crippen molar-refractivity contribution in [2.75, 3.05) is 6.61 Å². The number of carbonyl (C=O) groups is 2. The number of benzene rings is 1. The summed E-state index contributed by atoms with van der Waals surface area (Å²) in [7, 11) is 0. The number of nitrogens with zero attached hydrogens (tertiary/aromatic N) is 1. The van der Waals surface area contributed by atoms with E-state index >= 15 is 0 Å². The van der Waals surface area contributed by atoms with Crippen molar-refractivity contribution in [2.24, 2.45) is 0 Å². The van der Waals surface area contributed by atoms with Crippen LogP contribution in [-0.4, -0.2) is 28.8 Å². The molecule has 0 bridgehead atoms. The third kappa shape index (κ3) is 2.45. The van der Waals surface area contributed by atoms with Gasteiger partial charge in [0.05, 0.1) is 12.8 Å².